The lowest BCUT2D eigenvalue weighted by atomic mass is 9.84. The van der Waals surface area contributed by atoms with Gasteiger partial charge < -0.3 is 21.1 Å². The van der Waals surface area contributed by atoms with Crippen molar-refractivity contribution in [3.05, 3.63) is 21.9 Å². The fourth-order valence-electron chi connectivity index (χ4n) is 4.65. The third-order valence-corrected chi connectivity index (χ3v) is 7.41. The Bertz CT molecular complexity index is 836. The van der Waals surface area contributed by atoms with Crippen molar-refractivity contribution in [2.45, 2.75) is 70.0 Å². The molecule has 2 atom stereocenters. The zero-order valence-electron chi connectivity index (χ0n) is 18.3. The highest BCUT2D eigenvalue weighted by molar-refractivity contribution is 7.14. The van der Waals surface area contributed by atoms with Gasteiger partial charge in [0.15, 0.2) is 0 Å². The van der Waals surface area contributed by atoms with Crippen molar-refractivity contribution < 1.29 is 19.5 Å². The summed E-state index contributed by atoms with van der Waals surface area (Å²) in [5.74, 6) is -0.975. The minimum Gasteiger partial charge on any atom is -0.480 e. The summed E-state index contributed by atoms with van der Waals surface area (Å²) in [6, 6.07) is 2.45. The molecular weight excluding hydrogens is 430 g/mol. The minimum atomic E-state index is -0.997. The highest BCUT2D eigenvalue weighted by Gasteiger charge is 2.37. The lowest BCUT2D eigenvalue weighted by molar-refractivity contribution is -0.141. The Morgan fingerprint density at radius 3 is 2.59 bits per heavy atom. The quantitative estimate of drug-likeness (QED) is 0.263. The summed E-state index contributed by atoms with van der Waals surface area (Å²) in [7, 11) is 0. The molecule has 6 N–H and O–H groups in total. The van der Waals surface area contributed by atoms with Crippen LogP contribution in [0, 0.1) is 11.3 Å². The predicted molar refractivity (Wildman–Crippen MR) is 123 cm³/mol. The average Bonchev–Trinajstić information content (AvgIpc) is 3.45. The Hall–Kier alpha value is -2.46. The average molecular weight is 464 g/mol. The summed E-state index contributed by atoms with van der Waals surface area (Å²) in [4.78, 5) is 40.5. The van der Waals surface area contributed by atoms with Crippen LogP contribution in [0.1, 0.15) is 61.1 Å². The lowest BCUT2D eigenvalue weighted by Gasteiger charge is -2.31. The molecule has 0 radical (unpaired) electrons. The molecule has 2 aliphatic rings. The van der Waals surface area contributed by atoms with Gasteiger partial charge >= 0.3 is 5.97 Å². The molecule has 2 heterocycles. The van der Waals surface area contributed by atoms with E-state index >= 15 is 0 Å². The first-order chi connectivity index (χ1) is 15.3. The molecule has 3 rings (SSSR count). The number of amides is 2. The number of amidine groups is 1. The Kier molecular flexibility index (Phi) is 8.63. The summed E-state index contributed by atoms with van der Waals surface area (Å²) >= 11 is 1.36. The second-order valence-corrected chi connectivity index (χ2v) is 9.82. The van der Waals surface area contributed by atoms with Crippen LogP contribution in [0.25, 0.3) is 0 Å². The van der Waals surface area contributed by atoms with Crippen molar-refractivity contribution in [3.8, 4) is 0 Å². The summed E-state index contributed by atoms with van der Waals surface area (Å²) in [6.07, 6.45) is 7.57. The van der Waals surface area contributed by atoms with Crippen molar-refractivity contribution >= 4 is 35.0 Å². The van der Waals surface area contributed by atoms with Crippen LogP contribution in [-0.2, 0) is 20.9 Å². The maximum atomic E-state index is 13.4. The van der Waals surface area contributed by atoms with E-state index in [1.54, 1.807) is 11.0 Å². The van der Waals surface area contributed by atoms with E-state index in [0.29, 0.717) is 36.7 Å². The number of hydrogen-bond acceptors (Lipinski definition) is 6. The van der Waals surface area contributed by atoms with E-state index in [9.17, 15) is 14.4 Å². The Labute approximate surface area is 192 Å². The number of nitrogens with one attached hydrogen (secondary N) is 3. The van der Waals surface area contributed by atoms with E-state index in [1.807, 2.05) is 6.07 Å². The normalized spacial score (nSPS) is 20.1. The highest BCUT2D eigenvalue weighted by atomic mass is 32.1. The molecule has 1 aromatic rings. The van der Waals surface area contributed by atoms with Crippen molar-refractivity contribution in [3.63, 3.8) is 0 Å². The zero-order valence-corrected chi connectivity index (χ0v) is 19.1. The summed E-state index contributed by atoms with van der Waals surface area (Å²) in [6.45, 7) is 0.545. The molecule has 176 valence electrons. The van der Waals surface area contributed by atoms with Crippen LogP contribution in [0.15, 0.2) is 12.1 Å². The predicted octanol–water partition coefficient (Wildman–Crippen LogP) is 1.65. The lowest BCUT2D eigenvalue weighted by Crippen LogP contribution is -2.53. The fraction of sp³-hybridized carbons (Fsp3) is 0.636. The number of carboxylic acids is 1. The Balaban J connectivity index is 1.61. The summed E-state index contributed by atoms with van der Waals surface area (Å²) < 4.78 is 0. The minimum absolute atomic E-state index is 0.00184. The van der Waals surface area contributed by atoms with Gasteiger partial charge in [-0.1, -0.05) is 32.1 Å². The van der Waals surface area contributed by atoms with E-state index in [2.05, 4.69) is 10.6 Å². The van der Waals surface area contributed by atoms with Crippen LogP contribution >= 0.6 is 11.3 Å². The van der Waals surface area contributed by atoms with Crippen LogP contribution in [0.2, 0.25) is 0 Å². The number of nitrogens with two attached hydrogens (primary N) is 1. The molecule has 2 amide bonds. The van der Waals surface area contributed by atoms with Crippen LogP contribution < -0.4 is 16.4 Å². The molecule has 32 heavy (non-hydrogen) atoms. The molecule has 0 aromatic carbocycles. The number of thiophene rings is 1. The van der Waals surface area contributed by atoms with Crippen molar-refractivity contribution in [2.24, 2.45) is 11.7 Å². The number of likely N-dealkylation sites (tertiary alicyclic amines) is 1. The Morgan fingerprint density at radius 1 is 1.19 bits per heavy atom. The molecule has 1 aliphatic carbocycles. The van der Waals surface area contributed by atoms with E-state index in [0.717, 1.165) is 37.0 Å². The van der Waals surface area contributed by atoms with Gasteiger partial charge in [-0.2, -0.15) is 0 Å². The van der Waals surface area contributed by atoms with Crippen LogP contribution in [0.4, 0.5) is 0 Å². The van der Waals surface area contributed by atoms with E-state index < -0.39 is 18.1 Å². The third kappa shape index (κ3) is 6.52. The molecule has 1 saturated carbocycles. The van der Waals surface area contributed by atoms with Gasteiger partial charge in [0.05, 0.1) is 24.0 Å². The second-order valence-electron chi connectivity index (χ2n) is 8.65. The first-order valence-electron chi connectivity index (χ1n) is 11.3. The number of aliphatic carboxylic acids is 1. The number of rotatable bonds is 10. The van der Waals surface area contributed by atoms with Gasteiger partial charge in [-0.15, -0.1) is 11.3 Å². The molecule has 0 unspecified atom stereocenters. The fourth-order valence-corrected chi connectivity index (χ4v) is 5.46. The van der Waals surface area contributed by atoms with E-state index in [1.165, 1.54) is 17.8 Å². The highest BCUT2D eigenvalue weighted by Crippen LogP contribution is 2.29. The molecule has 1 aliphatic heterocycles. The molecule has 0 bridgehead atoms. The van der Waals surface area contributed by atoms with Gasteiger partial charge in [-0.25, -0.2) is 0 Å². The van der Waals surface area contributed by atoms with Crippen LogP contribution in [0.5, 0.6) is 0 Å². The van der Waals surface area contributed by atoms with Crippen molar-refractivity contribution in [2.75, 3.05) is 13.1 Å². The van der Waals surface area contributed by atoms with Crippen molar-refractivity contribution in [1.29, 1.82) is 5.41 Å². The SMILES string of the molecule is N=C(N)c1ccc(CNC(=O)[C@@H]2CCCN2C(=O)[C@@H](CC2CCCCC2)NCC(=O)O)s1. The number of carbonyl (C=O) groups excluding carboxylic acids is 2. The molecule has 1 aromatic heterocycles. The first kappa shape index (κ1) is 24.2. The van der Waals surface area contributed by atoms with Gasteiger partial charge in [0.1, 0.15) is 11.9 Å². The molecule has 10 heteroatoms. The summed E-state index contributed by atoms with van der Waals surface area (Å²) in [5, 5.41) is 22.4. The molecule has 2 fully saturated rings. The monoisotopic (exact) mass is 463 g/mol. The largest absolute Gasteiger partial charge is 0.480 e. The van der Waals surface area contributed by atoms with Gasteiger partial charge in [0.25, 0.3) is 0 Å². The third-order valence-electron chi connectivity index (χ3n) is 6.29. The van der Waals surface area contributed by atoms with Crippen LogP contribution in [0.3, 0.4) is 0 Å². The molecule has 1 saturated heterocycles. The van der Waals surface area contributed by atoms with Gasteiger partial charge in [-0.3, -0.25) is 25.1 Å². The number of nitrogens with zero attached hydrogens (tertiary/aromatic N) is 1. The first-order valence-corrected chi connectivity index (χ1v) is 12.1. The molecule has 0 spiro atoms. The number of nitrogen functional groups attached to an aromatic ring is 1. The second kappa shape index (κ2) is 11.4. The number of carboxylic acid groups (broad SMARTS) is 1. The standard InChI is InChI=1S/C22H33N5O4S/c23-20(24)18-9-8-15(32-18)12-26-21(30)17-7-4-10-27(17)22(31)16(25-13-19(28)29)11-14-5-2-1-3-6-14/h8-9,14,16-17,25H,1-7,10-13H2,(H3,23,24)(H,26,30)(H,28,29)/t16-,17+/m1/s1. The smallest absolute Gasteiger partial charge is 0.317 e. The van der Waals surface area contributed by atoms with E-state index in [4.69, 9.17) is 16.2 Å². The van der Waals surface area contributed by atoms with E-state index in [-0.39, 0.29) is 24.2 Å². The number of hydrogen-bond donors (Lipinski definition) is 5. The van der Waals surface area contributed by atoms with Crippen molar-refractivity contribution in [1.82, 2.24) is 15.5 Å². The maximum Gasteiger partial charge on any atom is 0.317 e. The van der Waals surface area contributed by atoms with Gasteiger partial charge in [0.2, 0.25) is 11.8 Å². The molecular formula is C22H33N5O4S. The summed E-state index contributed by atoms with van der Waals surface area (Å²) in [5.41, 5.74) is 5.49. The topological polar surface area (TPSA) is 149 Å². The maximum absolute atomic E-state index is 13.4. The van der Waals surface area contributed by atoms with Gasteiger partial charge in [0, 0.05) is 11.4 Å². The zero-order chi connectivity index (χ0) is 23.1. The van der Waals surface area contributed by atoms with Gasteiger partial charge in [-0.05, 0) is 37.3 Å². The number of carbonyl (C=O) groups is 3. The van der Waals surface area contributed by atoms with Crippen LogP contribution in [-0.4, -0.2) is 58.8 Å². The Morgan fingerprint density at radius 2 is 1.94 bits per heavy atom. The molecule has 9 nitrogen and oxygen atoms in total.